The number of hydrogen-bond donors (Lipinski definition) is 2. The zero-order valence-corrected chi connectivity index (χ0v) is 9.08. The third-order valence-electron chi connectivity index (χ3n) is 3.53. The number of allylic oxidation sites excluding steroid dienone is 2. The summed E-state index contributed by atoms with van der Waals surface area (Å²) < 4.78 is 0. The minimum atomic E-state index is -1.09. The van der Waals surface area contributed by atoms with Gasteiger partial charge < -0.3 is 0 Å². The number of hydrogen-bond acceptors (Lipinski definition) is 3. The van der Waals surface area contributed by atoms with Crippen molar-refractivity contribution < 1.29 is 14.4 Å². The minimum Gasteiger partial charge on any atom is -0.277 e. The molecule has 1 fully saturated rings. The molecule has 0 saturated carbocycles. The Morgan fingerprint density at radius 1 is 1.19 bits per heavy atom. The van der Waals surface area contributed by atoms with Crippen molar-refractivity contribution in [3.05, 3.63) is 12.2 Å². The van der Waals surface area contributed by atoms with Gasteiger partial charge in [-0.05, 0) is 25.2 Å². The first-order chi connectivity index (χ1) is 7.61. The summed E-state index contributed by atoms with van der Waals surface area (Å²) in [5.41, 5.74) is -1.09. The summed E-state index contributed by atoms with van der Waals surface area (Å²) >= 11 is 0. The van der Waals surface area contributed by atoms with E-state index < -0.39 is 23.3 Å². The highest BCUT2D eigenvalue weighted by molar-refractivity contribution is 6.19. The van der Waals surface area contributed by atoms with Gasteiger partial charge >= 0.3 is 6.03 Å². The van der Waals surface area contributed by atoms with E-state index in [4.69, 9.17) is 0 Å². The van der Waals surface area contributed by atoms with Crippen LogP contribution in [0.5, 0.6) is 0 Å². The molecule has 0 aromatic carbocycles. The van der Waals surface area contributed by atoms with Crippen LogP contribution in [0.1, 0.15) is 26.2 Å². The van der Waals surface area contributed by atoms with Gasteiger partial charge in [0, 0.05) is 0 Å². The predicted octanol–water partition coefficient (Wildman–Crippen LogP) is 0.715. The zero-order chi connectivity index (χ0) is 11.8. The summed E-state index contributed by atoms with van der Waals surface area (Å²) in [6.07, 6.45) is 5.77. The number of barbiturate groups is 1. The van der Waals surface area contributed by atoms with Crippen LogP contribution in [-0.2, 0) is 9.59 Å². The van der Waals surface area contributed by atoms with Crippen LogP contribution < -0.4 is 10.6 Å². The molecule has 4 amide bonds. The van der Waals surface area contributed by atoms with Gasteiger partial charge in [0.25, 0.3) is 0 Å². The molecule has 5 heteroatoms. The molecule has 1 saturated heterocycles. The Hall–Kier alpha value is -1.65. The lowest BCUT2D eigenvalue weighted by Gasteiger charge is -2.37. The SMILES string of the molecule is CCC1(C2CC=CC2)C(=O)NC(=O)NC1=O. The maximum Gasteiger partial charge on any atom is 0.328 e. The highest BCUT2D eigenvalue weighted by Crippen LogP contribution is 2.41. The Bertz CT molecular complexity index is 359. The second-order valence-electron chi connectivity index (χ2n) is 4.20. The van der Waals surface area contributed by atoms with Crippen molar-refractivity contribution in [1.82, 2.24) is 10.6 Å². The van der Waals surface area contributed by atoms with Gasteiger partial charge in [0.15, 0.2) is 0 Å². The fraction of sp³-hybridized carbons (Fsp3) is 0.545. The molecule has 1 aliphatic carbocycles. The minimum absolute atomic E-state index is 0.0365. The van der Waals surface area contributed by atoms with E-state index in [9.17, 15) is 14.4 Å². The van der Waals surface area contributed by atoms with Crippen LogP contribution in [0.25, 0.3) is 0 Å². The van der Waals surface area contributed by atoms with E-state index in [1.54, 1.807) is 6.92 Å². The van der Waals surface area contributed by atoms with Crippen LogP contribution in [0, 0.1) is 11.3 Å². The number of carbonyl (C=O) groups excluding carboxylic acids is 3. The van der Waals surface area contributed by atoms with Gasteiger partial charge in [-0.1, -0.05) is 19.1 Å². The number of amides is 4. The van der Waals surface area contributed by atoms with Gasteiger partial charge in [0.2, 0.25) is 11.8 Å². The standard InChI is InChI=1S/C11H14N2O3/c1-2-11(7-5-3-4-6-7)8(14)12-10(16)13-9(11)15/h3-4,7H,2,5-6H2,1H3,(H2,12,13,14,15,16). The molecule has 16 heavy (non-hydrogen) atoms. The third kappa shape index (κ3) is 1.35. The smallest absolute Gasteiger partial charge is 0.277 e. The van der Waals surface area contributed by atoms with Crippen molar-refractivity contribution in [1.29, 1.82) is 0 Å². The van der Waals surface area contributed by atoms with Crippen LogP contribution in [0.15, 0.2) is 12.2 Å². The first-order valence-corrected chi connectivity index (χ1v) is 5.43. The van der Waals surface area contributed by atoms with Crippen LogP contribution in [0.3, 0.4) is 0 Å². The average Bonchev–Trinajstić information content (AvgIpc) is 2.71. The van der Waals surface area contributed by atoms with Crippen molar-refractivity contribution in [3.8, 4) is 0 Å². The van der Waals surface area contributed by atoms with E-state index in [1.165, 1.54) is 0 Å². The van der Waals surface area contributed by atoms with Gasteiger partial charge in [-0.15, -0.1) is 0 Å². The Labute approximate surface area is 93.3 Å². The third-order valence-corrected chi connectivity index (χ3v) is 3.53. The normalized spacial score (nSPS) is 24.4. The molecule has 1 aliphatic heterocycles. The zero-order valence-electron chi connectivity index (χ0n) is 9.08. The Kier molecular flexibility index (Phi) is 2.53. The van der Waals surface area contributed by atoms with Gasteiger partial charge in [0.05, 0.1) is 0 Å². The summed E-state index contributed by atoms with van der Waals surface area (Å²) in [6.45, 7) is 1.80. The number of imide groups is 2. The van der Waals surface area contributed by atoms with E-state index in [1.807, 2.05) is 12.2 Å². The molecule has 0 radical (unpaired) electrons. The largest absolute Gasteiger partial charge is 0.328 e. The van der Waals surface area contributed by atoms with E-state index in [0.717, 1.165) is 0 Å². The summed E-state index contributed by atoms with van der Waals surface area (Å²) in [6, 6.07) is -0.718. The molecule has 2 rings (SSSR count). The second-order valence-corrected chi connectivity index (χ2v) is 4.20. The van der Waals surface area contributed by atoms with Crippen LogP contribution in [0.4, 0.5) is 4.79 Å². The van der Waals surface area contributed by atoms with Crippen molar-refractivity contribution in [2.75, 3.05) is 0 Å². The first-order valence-electron chi connectivity index (χ1n) is 5.43. The van der Waals surface area contributed by atoms with Crippen molar-refractivity contribution in [2.45, 2.75) is 26.2 Å². The van der Waals surface area contributed by atoms with Gasteiger partial charge in [0.1, 0.15) is 5.41 Å². The molecule has 0 spiro atoms. The number of carbonyl (C=O) groups is 3. The maximum absolute atomic E-state index is 11.9. The van der Waals surface area contributed by atoms with E-state index in [2.05, 4.69) is 10.6 Å². The summed E-state index contributed by atoms with van der Waals surface area (Å²) in [5.74, 6) is -0.958. The lowest BCUT2D eigenvalue weighted by molar-refractivity contribution is -0.148. The molecular weight excluding hydrogens is 208 g/mol. The maximum atomic E-state index is 11.9. The molecule has 0 atom stereocenters. The molecule has 0 unspecified atom stereocenters. The van der Waals surface area contributed by atoms with Crippen LogP contribution in [0.2, 0.25) is 0 Å². The van der Waals surface area contributed by atoms with E-state index >= 15 is 0 Å². The van der Waals surface area contributed by atoms with E-state index in [0.29, 0.717) is 19.3 Å². The highest BCUT2D eigenvalue weighted by Gasteiger charge is 2.53. The Morgan fingerprint density at radius 2 is 1.69 bits per heavy atom. The molecular formula is C11H14N2O3. The lowest BCUT2D eigenvalue weighted by atomic mass is 9.69. The topological polar surface area (TPSA) is 75.3 Å². The Balaban J connectivity index is 2.34. The highest BCUT2D eigenvalue weighted by atomic mass is 16.2. The first kappa shape index (κ1) is 10.9. The van der Waals surface area contributed by atoms with Gasteiger partial charge in [-0.3, -0.25) is 20.2 Å². The molecule has 0 aromatic heterocycles. The van der Waals surface area contributed by atoms with Crippen molar-refractivity contribution in [3.63, 3.8) is 0 Å². The van der Waals surface area contributed by atoms with Crippen molar-refractivity contribution >= 4 is 17.8 Å². The number of rotatable bonds is 2. The van der Waals surface area contributed by atoms with Crippen molar-refractivity contribution in [2.24, 2.45) is 11.3 Å². The molecule has 0 aromatic rings. The molecule has 0 bridgehead atoms. The number of nitrogens with one attached hydrogen (secondary N) is 2. The molecule has 1 heterocycles. The van der Waals surface area contributed by atoms with Gasteiger partial charge in [-0.25, -0.2) is 4.79 Å². The fourth-order valence-electron chi connectivity index (χ4n) is 2.56. The molecule has 2 N–H and O–H groups in total. The molecule has 5 nitrogen and oxygen atoms in total. The predicted molar refractivity (Wildman–Crippen MR) is 56.3 cm³/mol. The second kappa shape index (κ2) is 3.73. The molecule has 2 aliphatic rings. The van der Waals surface area contributed by atoms with Crippen LogP contribution in [-0.4, -0.2) is 17.8 Å². The quantitative estimate of drug-likeness (QED) is 0.534. The average molecular weight is 222 g/mol. The Morgan fingerprint density at radius 3 is 2.12 bits per heavy atom. The summed E-state index contributed by atoms with van der Waals surface area (Å²) in [4.78, 5) is 34.9. The summed E-state index contributed by atoms with van der Waals surface area (Å²) in [7, 11) is 0. The monoisotopic (exact) mass is 222 g/mol. The summed E-state index contributed by atoms with van der Waals surface area (Å²) in [5, 5.41) is 4.38. The van der Waals surface area contributed by atoms with E-state index in [-0.39, 0.29) is 5.92 Å². The van der Waals surface area contributed by atoms with Gasteiger partial charge in [-0.2, -0.15) is 0 Å². The molecule has 86 valence electrons. The fourth-order valence-corrected chi connectivity index (χ4v) is 2.56. The lowest BCUT2D eigenvalue weighted by Crippen LogP contribution is -2.64. The van der Waals surface area contributed by atoms with Crippen LogP contribution >= 0.6 is 0 Å². The number of urea groups is 1.